The predicted octanol–water partition coefficient (Wildman–Crippen LogP) is 3.63. The number of hydrogen-bond acceptors (Lipinski definition) is 4. The molecule has 0 aliphatic carbocycles. The Hall–Kier alpha value is -1.23. The molecule has 0 aliphatic rings. The van der Waals surface area contributed by atoms with Crippen molar-refractivity contribution in [2.45, 2.75) is 26.7 Å². The van der Waals surface area contributed by atoms with Gasteiger partial charge in [-0.15, -0.1) is 0 Å². The molecule has 0 spiro atoms. The predicted molar refractivity (Wildman–Crippen MR) is 75.6 cm³/mol. The fourth-order valence-electron chi connectivity index (χ4n) is 1.77. The maximum Gasteiger partial charge on any atom is 0.272 e. The number of ether oxygens (including phenoxy) is 1. The van der Waals surface area contributed by atoms with Crippen LogP contribution in [-0.2, 0) is 0 Å². The van der Waals surface area contributed by atoms with Gasteiger partial charge in [-0.25, -0.2) is 0 Å². The first-order valence-corrected chi connectivity index (χ1v) is 6.70. The molecule has 0 heterocycles. The quantitative estimate of drug-likeness (QED) is 0.467. The highest BCUT2D eigenvalue weighted by Gasteiger charge is 2.12. The summed E-state index contributed by atoms with van der Waals surface area (Å²) in [4.78, 5) is 10.3. The van der Waals surface area contributed by atoms with Crippen molar-refractivity contribution >= 4 is 18.3 Å². The lowest BCUT2D eigenvalue weighted by Crippen LogP contribution is -2.13. The normalized spacial score (nSPS) is 12.2. The molecule has 1 aromatic carbocycles. The topological polar surface area (TPSA) is 52.4 Å². The molecule has 0 aliphatic heterocycles. The highest BCUT2D eigenvalue weighted by atomic mass is 32.1. The third-order valence-corrected chi connectivity index (χ3v) is 3.32. The highest BCUT2D eigenvalue weighted by Crippen LogP contribution is 2.23. The second kappa shape index (κ2) is 7.26. The largest absolute Gasteiger partial charge is 0.493 e. The zero-order chi connectivity index (χ0) is 13.5. The lowest BCUT2D eigenvalue weighted by atomic mass is 10.1. The minimum Gasteiger partial charge on any atom is -0.493 e. The molecule has 0 saturated heterocycles. The van der Waals surface area contributed by atoms with Gasteiger partial charge in [-0.2, -0.15) is 12.6 Å². The van der Waals surface area contributed by atoms with Crippen LogP contribution < -0.4 is 4.74 Å². The van der Waals surface area contributed by atoms with E-state index in [2.05, 4.69) is 19.6 Å². The SMILES string of the molecule is CCCC(CS)COc1ccc([N+](=O)[O-])c(C)c1. The maximum absolute atomic E-state index is 10.7. The van der Waals surface area contributed by atoms with Crippen LogP contribution >= 0.6 is 12.6 Å². The van der Waals surface area contributed by atoms with E-state index < -0.39 is 0 Å². The van der Waals surface area contributed by atoms with Gasteiger partial charge in [0, 0.05) is 17.5 Å². The van der Waals surface area contributed by atoms with Crippen molar-refractivity contribution in [3.05, 3.63) is 33.9 Å². The Kier molecular flexibility index (Phi) is 5.98. The lowest BCUT2D eigenvalue weighted by Gasteiger charge is -2.14. The number of nitro benzene ring substituents is 1. The van der Waals surface area contributed by atoms with Gasteiger partial charge < -0.3 is 4.74 Å². The van der Waals surface area contributed by atoms with E-state index in [0.29, 0.717) is 23.8 Å². The number of thiol groups is 1. The van der Waals surface area contributed by atoms with Crippen molar-refractivity contribution in [1.82, 2.24) is 0 Å². The fraction of sp³-hybridized carbons (Fsp3) is 0.538. The standard InChI is InChI=1S/C13H19NO3S/c1-3-4-11(9-18)8-17-12-5-6-13(14(15)16)10(2)7-12/h5-7,11,18H,3-4,8-9H2,1-2H3. The lowest BCUT2D eigenvalue weighted by molar-refractivity contribution is -0.385. The van der Waals surface area contributed by atoms with E-state index in [-0.39, 0.29) is 10.6 Å². The van der Waals surface area contributed by atoms with E-state index in [1.165, 1.54) is 6.07 Å². The second-order valence-electron chi connectivity index (χ2n) is 4.35. The molecule has 1 aromatic rings. The summed E-state index contributed by atoms with van der Waals surface area (Å²) in [5, 5.41) is 10.7. The Labute approximate surface area is 113 Å². The molecule has 4 nitrogen and oxygen atoms in total. The molecule has 0 aromatic heterocycles. The summed E-state index contributed by atoms with van der Waals surface area (Å²) in [7, 11) is 0. The third-order valence-electron chi connectivity index (χ3n) is 2.81. The summed E-state index contributed by atoms with van der Waals surface area (Å²) in [5.41, 5.74) is 0.747. The summed E-state index contributed by atoms with van der Waals surface area (Å²) < 4.78 is 5.66. The molecule has 0 amide bonds. The fourth-order valence-corrected chi connectivity index (χ4v) is 2.06. The van der Waals surface area contributed by atoms with Crippen LogP contribution in [0, 0.1) is 23.0 Å². The summed E-state index contributed by atoms with van der Waals surface area (Å²) >= 11 is 4.29. The zero-order valence-corrected chi connectivity index (χ0v) is 11.7. The monoisotopic (exact) mass is 269 g/mol. The molecule has 5 heteroatoms. The number of hydrogen-bond donors (Lipinski definition) is 1. The molecule has 0 fully saturated rings. The van der Waals surface area contributed by atoms with Gasteiger partial charge in [0.15, 0.2) is 0 Å². The van der Waals surface area contributed by atoms with Crippen LogP contribution in [0.25, 0.3) is 0 Å². The minimum absolute atomic E-state index is 0.127. The summed E-state index contributed by atoms with van der Waals surface area (Å²) in [6.45, 7) is 4.45. The van der Waals surface area contributed by atoms with Crippen LogP contribution in [0.4, 0.5) is 5.69 Å². The van der Waals surface area contributed by atoms with Crippen LogP contribution in [0.2, 0.25) is 0 Å². The van der Waals surface area contributed by atoms with E-state index in [1.54, 1.807) is 19.1 Å². The molecule has 0 bridgehead atoms. The number of aryl methyl sites for hydroxylation is 1. The van der Waals surface area contributed by atoms with Crippen molar-refractivity contribution in [1.29, 1.82) is 0 Å². The number of benzene rings is 1. The van der Waals surface area contributed by atoms with Gasteiger partial charge in [0.2, 0.25) is 0 Å². The Morgan fingerprint density at radius 1 is 1.50 bits per heavy atom. The molecule has 18 heavy (non-hydrogen) atoms. The Bertz CT molecular complexity index is 409. The van der Waals surface area contributed by atoms with Gasteiger partial charge in [0.1, 0.15) is 5.75 Å². The molecule has 1 atom stereocenters. The van der Waals surface area contributed by atoms with Crippen molar-refractivity contribution < 1.29 is 9.66 Å². The van der Waals surface area contributed by atoms with Gasteiger partial charge in [0.25, 0.3) is 5.69 Å². The average molecular weight is 269 g/mol. The maximum atomic E-state index is 10.7. The highest BCUT2D eigenvalue weighted by molar-refractivity contribution is 7.80. The van der Waals surface area contributed by atoms with Crippen molar-refractivity contribution in [3.8, 4) is 5.75 Å². The van der Waals surface area contributed by atoms with Crippen molar-refractivity contribution in [2.24, 2.45) is 5.92 Å². The molecule has 0 saturated carbocycles. The van der Waals surface area contributed by atoms with E-state index in [0.717, 1.165) is 18.6 Å². The van der Waals surface area contributed by atoms with E-state index >= 15 is 0 Å². The van der Waals surface area contributed by atoms with Gasteiger partial charge in [-0.3, -0.25) is 10.1 Å². The average Bonchev–Trinajstić information content (AvgIpc) is 2.34. The first-order chi connectivity index (χ1) is 8.58. The van der Waals surface area contributed by atoms with Crippen molar-refractivity contribution in [2.75, 3.05) is 12.4 Å². The van der Waals surface area contributed by atoms with Crippen LogP contribution in [0.15, 0.2) is 18.2 Å². The molecule has 0 N–H and O–H groups in total. The minimum atomic E-state index is -0.382. The van der Waals surface area contributed by atoms with E-state index in [1.807, 2.05) is 0 Å². The van der Waals surface area contributed by atoms with Gasteiger partial charge in [-0.1, -0.05) is 13.3 Å². The molecular formula is C13H19NO3S. The Morgan fingerprint density at radius 2 is 2.22 bits per heavy atom. The molecule has 0 radical (unpaired) electrons. The van der Waals surface area contributed by atoms with Crippen LogP contribution in [0.1, 0.15) is 25.3 Å². The Balaban J connectivity index is 2.63. The van der Waals surface area contributed by atoms with Crippen LogP contribution in [0.3, 0.4) is 0 Å². The van der Waals surface area contributed by atoms with Gasteiger partial charge in [0.05, 0.1) is 11.5 Å². The third kappa shape index (κ3) is 4.22. The number of rotatable bonds is 7. The summed E-state index contributed by atoms with van der Waals surface area (Å²) in [6.07, 6.45) is 2.18. The zero-order valence-electron chi connectivity index (χ0n) is 10.8. The summed E-state index contributed by atoms with van der Waals surface area (Å²) in [6, 6.07) is 4.84. The van der Waals surface area contributed by atoms with Crippen LogP contribution in [-0.4, -0.2) is 17.3 Å². The summed E-state index contributed by atoms with van der Waals surface area (Å²) in [5.74, 6) is 1.90. The number of nitro groups is 1. The number of nitrogens with zero attached hydrogens (tertiary/aromatic N) is 1. The molecule has 100 valence electrons. The first kappa shape index (κ1) is 14.8. The van der Waals surface area contributed by atoms with Crippen LogP contribution in [0.5, 0.6) is 5.75 Å². The molecule has 1 unspecified atom stereocenters. The van der Waals surface area contributed by atoms with Crippen molar-refractivity contribution in [3.63, 3.8) is 0 Å². The Morgan fingerprint density at radius 3 is 2.72 bits per heavy atom. The second-order valence-corrected chi connectivity index (χ2v) is 4.72. The van der Waals surface area contributed by atoms with Gasteiger partial charge >= 0.3 is 0 Å². The molecular weight excluding hydrogens is 250 g/mol. The van der Waals surface area contributed by atoms with E-state index in [4.69, 9.17) is 4.74 Å². The smallest absolute Gasteiger partial charge is 0.272 e. The first-order valence-electron chi connectivity index (χ1n) is 6.07. The molecule has 1 rings (SSSR count). The van der Waals surface area contributed by atoms with Gasteiger partial charge in [-0.05, 0) is 31.2 Å². The van der Waals surface area contributed by atoms with E-state index in [9.17, 15) is 10.1 Å².